The highest BCUT2D eigenvalue weighted by molar-refractivity contribution is 9.10. The summed E-state index contributed by atoms with van der Waals surface area (Å²) in [5.41, 5.74) is 0.693. The lowest BCUT2D eigenvalue weighted by Crippen LogP contribution is -2.25. The molecule has 2 heterocycles. The lowest BCUT2D eigenvalue weighted by Gasteiger charge is -2.18. The zero-order chi connectivity index (χ0) is 11.7. The molecule has 1 aromatic rings. The van der Waals surface area contributed by atoms with Crippen LogP contribution >= 0.6 is 28.6 Å². The molecule has 1 unspecified atom stereocenters. The van der Waals surface area contributed by atoms with Crippen LogP contribution in [0.3, 0.4) is 0 Å². The van der Waals surface area contributed by atoms with Crippen molar-refractivity contribution < 1.29 is 9.53 Å². The predicted octanol–water partition coefficient (Wildman–Crippen LogP) is 1.89. The minimum Gasteiger partial charge on any atom is -0.480 e. The molecule has 1 fully saturated rings. The van der Waals surface area contributed by atoms with Crippen molar-refractivity contribution in [3.63, 3.8) is 0 Å². The van der Waals surface area contributed by atoms with Crippen LogP contribution in [0.1, 0.15) is 6.42 Å². The molecule has 0 bridgehead atoms. The zero-order valence-corrected chi connectivity index (χ0v) is 11.2. The van der Waals surface area contributed by atoms with Crippen molar-refractivity contribution in [1.82, 2.24) is 4.98 Å². The van der Waals surface area contributed by atoms with Crippen LogP contribution in [0.4, 0.5) is 5.69 Å². The topological polar surface area (TPSA) is 42.4 Å². The van der Waals surface area contributed by atoms with Crippen LogP contribution < -0.4 is 9.64 Å². The van der Waals surface area contributed by atoms with Crippen LogP contribution in [0, 0.1) is 0 Å². The maximum atomic E-state index is 11.7. The van der Waals surface area contributed by atoms with Crippen LogP contribution in [0.25, 0.3) is 0 Å². The van der Waals surface area contributed by atoms with E-state index in [1.165, 1.54) is 0 Å². The van der Waals surface area contributed by atoms with E-state index in [0.29, 0.717) is 24.5 Å². The van der Waals surface area contributed by atoms with Gasteiger partial charge in [0.2, 0.25) is 11.8 Å². The highest BCUT2D eigenvalue weighted by Crippen LogP contribution is 2.32. The summed E-state index contributed by atoms with van der Waals surface area (Å²) < 4.78 is 5.96. The number of carbonyl (C=O) groups is 1. The first kappa shape index (κ1) is 11.7. The molecular formula is C10H11BrN2O2S. The number of amides is 1. The van der Waals surface area contributed by atoms with Crippen molar-refractivity contribution in [1.29, 1.82) is 0 Å². The van der Waals surface area contributed by atoms with Gasteiger partial charge in [-0.15, -0.1) is 0 Å². The second-order valence-corrected chi connectivity index (χ2v) is 5.19. The van der Waals surface area contributed by atoms with E-state index in [1.807, 2.05) is 6.07 Å². The largest absolute Gasteiger partial charge is 0.480 e. The number of nitrogens with zero attached hydrogens (tertiary/aromatic N) is 2. The maximum absolute atomic E-state index is 11.7. The molecule has 1 amide bonds. The molecule has 0 aliphatic carbocycles. The number of aromatic nitrogens is 1. The first-order chi connectivity index (χ1) is 7.61. The van der Waals surface area contributed by atoms with Gasteiger partial charge in [-0.1, -0.05) is 0 Å². The van der Waals surface area contributed by atoms with Crippen LogP contribution in [0.2, 0.25) is 0 Å². The molecule has 1 aromatic heterocycles. The van der Waals surface area contributed by atoms with E-state index >= 15 is 0 Å². The third-order valence-electron chi connectivity index (χ3n) is 2.39. The summed E-state index contributed by atoms with van der Waals surface area (Å²) in [6.45, 7) is 0.594. The van der Waals surface area contributed by atoms with E-state index in [1.54, 1.807) is 18.2 Å². The van der Waals surface area contributed by atoms with Gasteiger partial charge in [-0.2, -0.15) is 12.6 Å². The van der Waals surface area contributed by atoms with Gasteiger partial charge >= 0.3 is 0 Å². The Hall–Kier alpha value is -0.750. The number of ether oxygens (including phenoxy) is 1. The van der Waals surface area contributed by atoms with Gasteiger partial charge in [0, 0.05) is 28.9 Å². The number of hydrogen-bond donors (Lipinski definition) is 1. The van der Waals surface area contributed by atoms with Gasteiger partial charge in [-0.25, -0.2) is 4.98 Å². The number of pyridine rings is 1. The SMILES string of the molecule is COc1ncc(Br)cc1N1CC(S)CC1=O. The minimum absolute atomic E-state index is 0.0539. The summed E-state index contributed by atoms with van der Waals surface area (Å²) in [6, 6.07) is 1.83. The molecule has 1 saturated heterocycles. The number of thiol groups is 1. The number of rotatable bonds is 2. The van der Waals surface area contributed by atoms with Gasteiger partial charge in [0.15, 0.2) is 0 Å². The molecule has 86 valence electrons. The Morgan fingerprint density at radius 1 is 1.69 bits per heavy atom. The third kappa shape index (κ3) is 2.17. The van der Waals surface area contributed by atoms with Gasteiger partial charge in [0.1, 0.15) is 5.69 Å². The molecule has 16 heavy (non-hydrogen) atoms. The van der Waals surface area contributed by atoms with Gasteiger partial charge in [-0.05, 0) is 22.0 Å². The highest BCUT2D eigenvalue weighted by atomic mass is 79.9. The Labute approximate surface area is 108 Å². The molecule has 0 spiro atoms. The fraction of sp³-hybridized carbons (Fsp3) is 0.400. The Morgan fingerprint density at radius 3 is 3.00 bits per heavy atom. The summed E-state index contributed by atoms with van der Waals surface area (Å²) in [7, 11) is 1.54. The van der Waals surface area contributed by atoms with Crippen molar-refractivity contribution >= 4 is 40.2 Å². The summed E-state index contributed by atoms with van der Waals surface area (Å²) in [4.78, 5) is 17.5. The molecule has 1 atom stereocenters. The lowest BCUT2D eigenvalue weighted by atomic mass is 10.3. The number of halogens is 1. The summed E-state index contributed by atoms with van der Waals surface area (Å²) in [5.74, 6) is 0.511. The summed E-state index contributed by atoms with van der Waals surface area (Å²) in [6.07, 6.45) is 2.10. The summed E-state index contributed by atoms with van der Waals surface area (Å²) >= 11 is 7.65. The number of hydrogen-bond acceptors (Lipinski definition) is 4. The molecule has 6 heteroatoms. The van der Waals surface area contributed by atoms with Crippen LogP contribution in [-0.2, 0) is 4.79 Å². The fourth-order valence-electron chi connectivity index (χ4n) is 1.69. The zero-order valence-electron chi connectivity index (χ0n) is 8.68. The Bertz CT molecular complexity index is 427. The van der Waals surface area contributed by atoms with Crippen molar-refractivity contribution in [3.8, 4) is 5.88 Å². The van der Waals surface area contributed by atoms with E-state index in [2.05, 4.69) is 33.5 Å². The van der Waals surface area contributed by atoms with E-state index in [9.17, 15) is 4.79 Å². The van der Waals surface area contributed by atoms with Crippen LogP contribution in [0.15, 0.2) is 16.7 Å². The second-order valence-electron chi connectivity index (χ2n) is 3.54. The third-order valence-corrected chi connectivity index (χ3v) is 3.17. The Balaban J connectivity index is 2.39. The molecule has 1 aliphatic heterocycles. The number of anilines is 1. The quantitative estimate of drug-likeness (QED) is 0.848. The monoisotopic (exact) mass is 302 g/mol. The molecular weight excluding hydrogens is 292 g/mol. The molecule has 0 saturated carbocycles. The number of carbonyl (C=O) groups excluding carboxylic acids is 1. The maximum Gasteiger partial charge on any atom is 0.237 e. The van der Waals surface area contributed by atoms with Crippen molar-refractivity contribution in [2.45, 2.75) is 11.7 Å². The van der Waals surface area contributed by atoms with Gasteiger partial charge in [-0.3, -0.25) is 4.79 Å². The van der Waals surface area contributed by atoms with Gasteiger partial charge in [0.05, 0.1) is 7.11 Å². The second kappa shape index (κ2) is 4.63. The minimum atomic E-state index is 0.0539. The highest BCUT2D eigenvalue weighted by Gasteiger charge is 2.30. The predicted molar refractivity (Wildman–Crippen MR) is 68.2 cm³/mol. The molecule has 1 aliphatic rings. The smallest absolute Gasteiger partial charge is 0.237 e. The normalized spacial score (nSPS) is 20.3. The van der Waals surface area contributed by atoms with E-state index in [4.69, 9.17) is 4.74 Å². The van der Waals surface area contributed by atoms with Crippen LogP contribution in [0.5, 0.6) is 5.88 Å². The van der Waals surface area contributed by atoms with Crippen LogP contribution in [-0.4, -0.2) is 29.8 Å². The molecule has 2 rings (SSSR count). The van der Waals surface area contributed by atoms with Crippen molar-refractivity contribution in [3.05, 3.63) is 16.7 Å². The summed E-state index contributed by atoms with van der Waals surface area (Å²) in [5, 5.41) is 0.0798. The van der Waals surface area contributed by atoms with E-state index < -0.39 is 0 Å². The molecule has 4 nitrogen and oxygen atoms in total. The first-order valence-electron chi connectivity index (χ1n) is 4.80. The standard InChI is InChI=1S/C10H11BrN2O2S/c1-15-10-8(2-6(11)4-12-10)13-5-7(16)3-9(13)14/h2,4,7,16H,3,5H2,1H3. The fourth-order valence-corrected chi connectivity index (χ4v) is 2.33. The van der Waals surface area contributed by atoms with Crippen molar-refractivity contribution in [2.24, 2.45) is 0 Å². The Morgan fingerprint density at radius 2 is 2.44 bits per heavy atom. The average molecular weight is 303 g/mol. The lowest BCUT2D eigenvalue weighted by molar-refractivity contribution is -0.117. The molecule has 0 aromatic carbocycles. The van der Waals surface area contributed by atoms with E-state index in [-0.39, 0.29) is 11.2 Å². The van der Waals surface area contributed by atoms with Crippen molar-refractivity contribution in [2.75, 3.05) is 18.6 Å². The Kier molecular flexibility index (Phi) is 3.39. The van der Waals surface area contributed by atoms with Gasteiger partial charge in [0.25, 0.3) is 0 Å². The molecule has 0 N–H and O–H groups in total. The first-order valence-corrected chi connectivity index (χ1v) is 6.10. The number of methoxy groups -OCH3 is 1. The van der Waals surface area contributed by atoms with E-state index in [0.717, 1.165) is 4.47 Å². The molecule has 0 radical (unpaired) electrons. The van der Waals surface area contributed by atoms with Gasteiger partial charge < -0.3 is 9.64 Å². The average Bonchev–Trinajstić information content (AvgIpc) is 2.57.